The van der Waals surface area contributed by atoms with Crippen LogP contribution in [0.5, 0.6) is 5.75 Å². The number of carbonyl (C=O) groups is 1. The number of aryl methyl sites for hydroxylation is 1. The molecule has 0 atom stereocenters. The molecule has 0 spiro atoms. The fourth-order valence-corrected chi connectivity index (χ4v) is 1.93. The number of carboxylic acids is 1. The van der Waals surface area contributed by atoms with E-state index in [-0.39, 0.29) is 17.4 Å². The molecule has 0 saturated carbocycles. The lowest BCUT2D eigenvalue weighted by Gasteiger charge is -2.05. The summed E-state index contributed by atoms with van der Waals surface area (Å²) in [5.41, 5.74) is 1.06. The van der Waals surface area contributed by atoms with Gasteiger partial charge in [0.2, 0.25) is 5.01 Å². The van der Waals surface area contributed by atoms with Gasteiger partial charge >= 0.3 is 5.97 Å². The van der Waals surface area contributed by atoms with E-state index in [1.54, 1.807) is 24.4 Å². The molecular weight excluding hydrogens is 257 g/mol. The van der Waals surface area contributed by atoms with Gasteiger partial charge in [0.25, 0.3) is 0 Å². The van der Waals surface area contributed by atoms with Gasteiger partial charge in [-0.25, -0.2) is 14.2 Å². The number of hydrogen-bond acceptors (Lipinski definition) is 4. The molecule has 1 heterocycles. The standard InChI is InChI=1S/C12H10FNO3S/c1-7-2-3-9(4-10(7)13)17-5-8-6-18-11(14-8)12(15)16/h2-4,6H,5H2,1H3,(H,15,16). The van der Waals surface area contributed by atoms with E-state index in [2.05, 4.69) is 4.98 Å². The van der Waals surface area contributed by atoms with Gasteiger partial charge in [0.1, 0.15) is 18.2 Å². The number of ether oxygens (including phenoxy) is 1. The zero-order valence-corrected chi connectivity index (χ0v) is 10.3. The maximum Gasteiger partial charge on any atom is 0.365 e. The summed E-state index contributed by atoms with van der Waals surface area (Å²) in [5.74, 6) is -1.01. The topological polar surface area (TPSA) is 59.4 Å². The van der Waals surface area contributed by atoms with Crippen LogP contribution >= 0.6 is 11.3 Å². The molecule has 0 bridgehead atoms. The Morgan fingerprint density at radius 1 is 1.56 bits per heavy atom. The lowest BCUT2D eigenvalue weighted by atomic mass is 10.2. The number of hydrogen-bond donors (Lipinski definition) is 1. The third kappa shape index (κ3) is 2.84. The van der Waals surface area contributed by atoms with Gasteiger partial charge < -0.3 is 9.84 Å². The van der Waals surface area contributed by atoms with E-state index in [1.165, 1.54) is 6.07 Å². The predicted molar refractivity (Wildman–Crippen MR) is 64.5 cm³/mol. The highest BCUT2D eigenvalue weighted by molar-refractivity contribution is 7.11. The fraction of sp³-hybridized carbons (Fsp3) is 0.167. The van der Waals surface area contributed by atoms with E-state index in [0.29, 0.717) is 17.0 Å². The van der Waals surface area contributed by atoms with Gasteiger partial charge in [-0.15, -0.1) is 11.3 Å². The minimum Gasteiger partial charge on any atom is -0.487 e. The van der Waals surface area contributed by atoms with Gasteiger partial charge in [-0.05, 0) is 18.6 Å². The van der Waals surface area contributed by atoms with Crippen molar-refractivity contribution in [1.82, 2.24) is 4.98 Å². The van der Waals surface area contributed by atoms with Gasteiger partial charge in [-0.3, -0.25) is 0 Å². The highest BCUT2D eigenvalue weighted by Gasteiger charge is 2.09. The minimum atomic E-state index is -1.06. The summed E-state index contributed by atoms with van der Waals surface area (Å²) in [7, 11) is 0. The average Bonchev–Trinajstić information content (AvgIpc) is 2.79. The molecule has 0 fully saturated rings. The van der Waals surface area contributed by atoms with Gasteiger partial charge in [-0.1, -0.05) is 6.07 Å². The molecule has 4 nitrogen and oxygen atoms in total. The second kappa shape index (κ2) is 5.14. The lowest BCUT2D eigenvalue weighted by molar-refractivity contribution is 0.0696. The SMILES string of the molecule is Cc1ccc(OCc2csc(C(=O)O)n2)cc1F. The molecule has 0 aliphatic rings. The zero-order valence-electron chi connectivity index (χ0n) is 9.51. The Balaban J connectivity index is 2.02. The van der Waals surface area contributed by atoms with E-state index < -0.39 is 5.97 Å². The van der Waals surface area contributed by atoms with Crippen molar-refractivity contribution in [3.63, 3.8) is 0 Å². The van der Waals surface area contributed by atoms with Crippen LogP contribution in [0.4, 0.5) is 4.39 Å². The maximum absolute atomic E-state index is 13.2. The first kappa shape index (κ1) is 12.5. The van der Waals surface area contributed by atoms with Crippen LogP contribution in [-0.4, -0.2) is 16.1 Å². The van der Waals surface area contributed by atoms with E-state index in [4.69, 9.17) is 9.84 Å². The van der Waals surface area contributed by atoms with Crippen molar-refractivity contribution in [3.8, 4) is 5.75 Å². The summed E-state index contributed by atoms with van der Waals surface area (Å²) >= 11 is 1.03. The largest absolute Gasteiger partial charge is 0.487 e. The number of nitrogens with zero attached hydrogens (tertiary/aromatic N) is 1. The van der Waals surface area contributed by atoms with E-state index in [9.17, 15) is 9.18 Å². The third-order valence-electron chi connectivity index (χ3n) is 2.26. The molecular formula is C12H10FNO3S. The van der Waals surface area contributed by atoms with Crippen LogP contribution in [0.1, 0.15) is 21.1 Å². The maximum atomic E-state index is 13.2. The first-order valence-corrected chi connectivity index (χ1v) is 6.01. The van der Waals surface area contributed by atoms with Gasteiger partial charge in [0.05, 0.1) is 5.69 Å². The first-order valence-electron chi connectivity index (χ1n) is 5.13. The van der Waals surface area contributed by atoms with Crippen molar-refractivity contribution in [2.75, 3.05) is 0 Å². The van der Waals surface area contributed by atoms with E-state index in [0.717, 1.165) is 11.3 Å². The Bertz CT molecular complexity index is 582. The summed E-state index contributed by atoms with van der Waals surface area (Å²) in [5, 5.41) is 10.3. The van der Waals surface area contributed by atoms with Crippen molar-refractivity contribution >= 4 is 17.3 Å². The Morgan fingerprint density at radius 2 is 2.33 bits per heavy atom. The Labute approximate surface area is 107 Å². The first-order chi connectivity index (χ1) is 8.56. The molecule has 1 N–H and O–H groups in total. The highest BCUT2D eigenvalue weighted by atomic mass is 32.1. The molecule has 18 heavy (non-hydrogen) atoms. The van der Waals surface area contributed by atoms with Crippen LogP contribution in [0.3, 0.4) is 0 Å². The predicted octanol–water partition coefficient (Wildman–Crippen LogP) is 2.87. The molecule has 1 aromatic carbocycles. The normalized spacial score (nSPS) is 10.3. The molecule has 2 rings (SSSR count). The van der Waals surface area contributed by atoms with Crippen LogP contribution in [0.25, 0.3) is 0 Å². The second-order valence-electron chi connectivity index (χ2n) is 3.65. The molecule has 0 unspecified atom stereocenters. The van der Waals surface area contributed by atoms with Gasteiger partial charge in [0, 0.05) is 11.4 Å². The number of aromatic carboxylic acids is 1. The molecule has 2 aromatic rings. The number of rotatable bonds is 4. The number of carboxylic acid groups (broad SMARTS) is 1. The fourth-order valence-electron chi connectivity index (χ4n) is 1.29. The summed E-state index contributed by atoms with van der Waals surface area (Å²) in [6.07, 6.45) is 0. The summed E-state index contributed by atoms with van der Waals surface area (Å²) in [6, 6.07) is 4.57. The minimum absolute atomic E-state index is 0.0173. The van der Waals surface area contributed by atoms with E-state index in [1.807, 2.05) is 0 Å². The van der Waals surface area contributed by atoms with E-state index >= 15 is 0 Å². The molecule has 1 aromatic heterocycles. The summed E-state index contributed by atoms with van der Waals surface area (Å²) in [4.78, 5) is 14.5. The van der Waals surface area contributed by atoms with Crippen LogP contribution < -0.4 is 4.74 Å². The van der Waals surface area contributed by atoms with Crippen molar-refractivity contribution in [2.45, 2.75) is 13.5 Å². The second-order valence-corrected chi connectivity index (χ2v) is 4.51. The Kier molecular flexibility index (Phi) is 3.57. The van der Waals surface area contributed by atoms with Crippen molar-refractivity contribution < 1.29 is 19.0 Å². The molecule has 0 saturated heterocycles. The molecule has 6 heteroatoms. The van der Waals surface area contributed by atoms with Crippen molar-refractivity contribution in [2.24, 2.45) is 0 Å². The number of halogens is 1. The highest BCUT2D eigenvalue weighted by Crippen LogP contribution is 2.18. The average molecular weight is 267 g/mol. The summed E-state index contributed by atoms with van der Waals surface area (Å²) < 4.78 is 18.6. The molecule has 0 aliphatic carbocycles. The molecule has 0 radical (unpaired) electrons. The quantitative estimate of drug-likeness (QED) is 0.925. The smallest absolute Gasteiger partial charge is 0.365 e. The lowest BCUT2D eigenvalue weighted by Crippen LogP contribution is -1.99. The Morgan fingerprint density at radius 3 is 2.94 bits per heavy atom. The number of thiazole rings is 1. The van der Waals surface area contributed by atoms with Crippen LogP contribution in [0.15, 0.2) is 23.6 Å². The molecule has 94 valence electrons. The zero-order chi connectivity index (χ0) is 13.1. The van der Waals surface area contributed by atoms with Crippen LogP contribution in [0, 0.1) is 12.7 Å². The van der Waals surface area contributed by atoms with Crippen LogP contribution in [0.2, 0.25) is 0 Å². The van der Waals surface area contributed by atoms with Crippen LogP contribution in [-0.2, 0) is 6.61 Å². The van der Waals surface area contributed by atoms with Crippen molar-refractivity contribution in [3.05, 3.63) is 45.7 Å². The van der Waals surface area contributed by atoms with Crippen molar-refractivity contribution in [1.29, 1.82) is 0 Å². The third-order valence-corrected chi connectivity index (χ3v) is 3.14. The number of benzene rings is 1. The monoisotopic (exact) mass is 267 g/mol. The van der Waals surface area contributed by atoms with Gasteiger partial charge in [-0.2, -0.15) is 0 Å². The molecule has 0 amide bonds. The Hall–Kier alpha value is -1.95. The summed E-state index contributed by atoms with van der Waals surface area (Å²) in [6.45, 7) is 1.78. The molecule has 0 aliphatic heterocycles. The number of aromatic nitrogens is 1. The van der Waals surface area contributed by atoms with Gasteiger partial charge in [0.15, 0.2) is 0 Å².